The highest BCUT2D eigenvalue weighted by Crippen LogP contribution is 2.37. The molecular formula is C29H18BrCl2N3O3. The van der Waals surface area contributed by atoms with Crippen molar-refractivity contribution >= 4 is 68.1 Å². The van der Waals surface area contributed by atoms with Gasteiger partial charge < -0.3 is 9.72 Å². The number of amides is 1. The molecule has 0 aliphatic carbocycles. The molecule has 6 nitrogen and oxygen atoms in total. The number of carbonyl (C=O) groups is 2. The van der Waals surface area contributed by atoms with Crippen molar-refractivity contribution in [1.82, 2.24) is 10.4 Å². The van der Waals surface area contributed by atoms with Crippen LogP contribution in [0.1, 0.15) is 26.4 Å². The quantitative estimate of drug-likeness (QED) is 0.0892. The molecule has 0 aliphatic heterocycles. The first kappa shape index (κ1) is 25.7. The summed E-state index contributed by atoms with van der Waals surface area (Å²) < 4.78 is 6.32. The first-order valence-corrected chi connectivity index (χ1v) is 12.9. The number of nitrogens with zero attached hydrogens (tertiary/aromatic N) is 1. The van der Waals surface area contributed by atoms with Gasteiger partial charge in [-0.25, -0.2) is 10.2 Å². The number of hydrogen-bond acceptors (Lipinski definition) is 4. The van der Waals surface area contributed by atoms with Crippen LogP contribution in [-0.4, -0.2) is 23.1 Å². The lowest BCUT2D eigenvalue weighted by Gasteiger charge is -2.08. The first-order chi connectivity index (χ1) is 18.4. The van der Waals surface area contributed by atoms with E-state index in [-0.39, 0.29) is 11.4 Å². The molecule has 0 atom stereocenters. The van der Waals surface area contributed by atoms with E-state index in [2.05, 4.69) is 31.4 Å². The second kappa shape index (κ2) is 11.2. The summed E-state index contributed by atoms with van der Waals surface area (Å²) in [4.78, 5) is 29.0. The highest BCUT2D eigenvalue weighted by molar-refractivity contribution is 9.10. The predicted molar refractivity (Wildman–Crippen MR) is 154 cm³/mol. The molecule has 2 N–H and O–H groups in total. The van der Waals surface area contributed by atoms with Crippen LogP contribution in [0.3, 0.4) is 0 Å². The lowest BCUT2D eigenvalue weighted by Crippen LogP contribution is -2.19. The van der Waals surface area contributed by atoms with E-state index in [9.17, 15) is 9.59 Å². The molecule has 0 bridgehead atoms. The fraction of sp³-hybridized carbons (Fsp3) is 0. The van der Waals surface area contributed by atoms with E-state index in [1.54, 1.807) is 54.6 Å². The number of aromatic nitrogens is 1. The molecule has 0 radical (unpaired) electrons. The van der Waals surface area contributed by atoms with Gasteiger partial charge >= 0.3 is 5.97 Å². The number of ether oxygens (including phenoxy) is 1. The molecule has 0 unspecified atom stereocenters. The summed E-state index contributed by atoms with van der Waals surface area (Å²) in [5.74, 6) is -0.703. The Bertz CT molecular complexity index is 1690. The summed E-state index contributed by atoms with van der Waals surface area (Å²) in [5.41, 5.74) is 5.78. The predicted octanol–water partition coefficient (Wildman–Crippen LogP) is 7.89. The minimum atomic E-state index is -0.507. The number of rotatable bonds is 6. The van der Waals surface area contributed by atoms with Gasteiger partial charge in [-0.15, -0.1) is 0 Å². The summed E-state index contributed by atoms with van der Waals surface area (Å²) in [6.07, 6.45) is 1.41. The van der Waals surface area contributed by atoms with Crippen LogP contribution >= 0.6 is 39.1 Å². The van der Waals surface area contributed by atoms with Gasteiger partial charge in [-0.3, -0.25) is 4.79 Å². The Hall–Kier alpha value is -3.91. The molecule has 5 rings (SSSR count). The van der Waals surface area contributed by atoms with Crippen molar-refractivity contribution in [3.63, 3.8) is 0 Å². The highest BCUT2D eigenvalue weighted by atomic mass is 79.9. The Morgan fingerprint density at radius 3 is 2.37 bits per heavy atom. The summed E-state index contributed by atoms with van der Waals surface area (Å²) in [6.45, 7) is 0. The van der Waals surface area contributed by atoms with Crippen LogP contribution in [-0.2, 0) is 0 Å². The molecular weight excluding hydrogens is 589 g/mol. The smallest absolute Gasteiger partial charge is 0.343 e. The third-order valence-electron chi connectivity index (χ3n) is 5.67. The third-order valence-corrected chi connectivity index (χ3v) is 6.68. The number of carbonyl (C=O) groups excluding carboxylic acids is 2. The van der Waals surface area contributed by atoms with Crippen molar-refractivity contribution in [1.29, 1.82) is 0 Å². The molecule has 38 heavy (non-hydrogen) atoms. The van der Waals surface area contributed by atoms with Gasteiger partial charge in [0.1, 0.15) is 11.4 Å². The highest BCUT2D eigenvalue weighted by Gasteiger charge is 2.21. The van der Waals surface area contributed by atoms with Gasteiger partial charge in [0.15, 0.2) is 0 Å². The summed E-state index contributed by atoms with van der Waals surface area (Å²) >= 11 is 16.1. The number of benzene rings is 4. The van der Waals surface area contributed by atoms with Crippen LogP contribution in [0.5, 0.6) is 5.75 Å². The van der Waals surface area contributed by atoms with E-state index < -0.39 is 11.9 Å². The molecule has 0 saturated carbocycles. The van der Waals surface area contributed by atoms with E-state index in [0.29, 0.717) is 37.6 Å². The average molecular weight is 607 g/mol. The van der Waals surface area contributed by atoms with Crippen molar-refractivity contribution < 1.29 is 14.3 Å². The van der Waals surface area contributed by atoms with Gasteiger partial charge in [0.2, 0.25) is 0 Å². The largest absolute Gasteiger partial charge is 0.422 e. The minimum absolute atomic E-state index is 0.275. The number of nitrogens with one attached hydrogen (secondary N) is 2. The SMILES string of the molecule is O=C(Oc1ccc(Br)cc1C=NNC(=O)c1[nH]c2c(Cl)cc(Cl)cc2c1-c1ccccc1)c1ccccc1. The summed E-state index contributed by atoms with van der Waals surface area (Å²) in [7, 11) is 0. The second-order valence-electron chi connectivity index (χ2n) is 8.19. The Labute approximate surface area is 236 Å². The molecule has 5 aromatic rings. The van der Waals surface area contributed by atoms with Crippen LogP contribution in [0, 0.1) is 0 Å². The van der Waals surface area contributed by atoms with Crippen molar-refractivity contribution in [3.05, 3.63) is 122 Å². The monoisotopic (exact) mass is 605 g/mol. The van der Waals surface area contributed by atoms with Crippen LogP contribution in [0.2, 0.25) is 10.0 Å². The van der Waals surface area contributed by atoms with Crippen LogP contribution < -0.4 is 10.2 Å². The molecule has 0 fully saturated rings. The zero-order valence-corrected chi connectivity index (χ0v) is 22.6. The molecule has 4 aromatic carbocycles. The summed E-state index contributed by atoms with van der Waals surface area (Å²) in [6, 6.07) is 26.6. The summed E-state index contributed by atoms with van der Waals surface area (Å²) in [5, 5.41) is 5.69. The normalized spacial score (nSPS) is 11.1. The van der Waals surface area contributed by atoms with Crippen molar-refractivity contribution in [2.75, 3.05) is 0 Å². The number of hydrazone groups is 1. The molecule has 0 saturated heterocycles. The van der Waals surface area contributed by atoms with Gasteiger partial charge in [0, 0.05) is 26.0 Å². The molecule has 1 amide bonds. The van der Waals surface area contributed by atoms with Gasteiger partial charge in [-0.05, 0) is 48.0 Å². The zero-order valence-electron chi connectivity index (χ0n) is 19.5. The second-order valence-corrected chi connectivity index (χ2v) is 9.95. The minimum Gasteiger partial charge on any atom is -0.422 e. The molecule has 1 aromatic heterocycles. The lowest BCUT2D eigenvalue weighted by molar-refractivity contribution is 0.0734. The fourth-order valence-corrected chi connectivity index (χ4v) is 4.88. The fourth-order valence-electron chi connectivity index (χ4n) is 3.96. The Morgan fingerprint density at radius 1 is 0.921 bits per heavy atom. The van der Waals surface area contributed by atoms with E-state index in [4.69, 9.17) is 27.9 Å². The number of halogens is 3. The van der Waals surface area contributed by atoms with Crippen LogP contribution in [0.25, 0.3) is 22.0 Å². The number of fused-ring (bicyclic) bond motifs is 1. The maximum atomic E-state index is 13.3. The number of esters is 1. The number of H-pyrrole nitrogens is 1. The Kier molecular flexibility index (Phi) is 7.60. The van der Waals surface area contributed by atoms with E-state index in [1.807, 2.05) is 36.4 Å². The number of aromatic amines is 1. The maximum absolute atomic E-state index is 13.3. The lowest BCUT2D eigenvalue weighted by atomic mass is 10.0. The average Bonchev–Trinajstić information content (AvgIpc) is 3.31. The van der Waals surface area contributed by atoms with Gasteiger partial charge in [0.25, 0.3) is 5.91 Å². The topological polar surface area (TPSA) is 83.5 Å². The maximum Gasteiger partial charge on any atom is 0.343 e. The van der Waals surface area contributed by atoms with Gasteiger partial charge in [0.05, 0.1) is 22.3 Å². The molecule has 0 spiro atoms. The van der Waals surface area contributed by atoms with E-state index in [0.717, 1.165) is 10.0 Å². The van der Waals surface area contributed by atoms with Crippen molar-refractivity contribution in [3.8, 4) is 16.9 Å². The Morgan fingerprint density at radius 2 is 1.63 bits per heavy atom. The molecule has 1 heterocycles. The van der Waals surface area contributed by atoms with Crippen molar-refractivity contribution in [2.45, 2.75) is 0 Å². The van der Waals surface area contributed by atoms with Gasteiger partial charge in [-0.2, -0.15) is 5.10 Å². The number of hydrogen-bond donors (Lipinski definition) is 2. The van der Waals surface area contributed by atoms with E-state index >= 15 is 0 Å². The molecule has 188 valence electrons. The van der Waals surface area contributed by atoms with Crippen molar-refractivity contribution in [2.24, 2.45) is 5.10 Å². The molecule has 0 aliphatic rings. The first-order valence-electron chi connectivity index (χ1n) is 11.4. The Balaban J connectivity index is 1.44. The zero-order chi connectivity index (χ0) is 26.6. The molecule has 9 heteroatoms. The van der Waals surface area contributed by atoms with Gasteiger partial charge in [-0.1, -0.05) is 87.7 Å². The standard InChI is InChI=1S/C29H18BrCl2N3O3/c30-20-11-12-24(38-29(37)18-9-5-2-6-10-18)19(13-20)16-33-35-28(36)27-25(17-7-3-1-4-8-17)22-14-21(31)15-23(32)26(22)34-27/h1-16,34H,(H,35,36). The third kappa shape index (κ3) is 5.50. The van der Waals surface area contributed by atoms with Crippen LogP contribution in [0.15, 0.2) is 101 Å². The van der Waals surface area contributed by atoms with E-state index in [1.165, 1.54) is 6.21 Å². The van der Waals surface area contributed by atoms with Crippen LogP contribution in [0.4, 0.5) is 0 Å².